The number of carbonyl (C=O) groups is 1. The number of primary amides is 2. The van der Waals surface area contributed by atoms with E-state index in [1.807, 2.05) is 0 Å². The van der Waals surface area contributed by atoms with Crippen LogP contribution in [-0.4, -0.2) is 65.6 Å². The fourth-order valence-electron chi connectivity index (χ4n) is 2.23. The van der Waals surface area contributed by atoms with E-state index >= 15 is 0 Å². The zero-order valence-electron chi connectivity index (χ0n) is 8.09. The van der Waals surface area contributed by atoms with Crippen molar-refractivity contribution >= 4 is 6.03 Å². The number of nitrogens with two attached hydrogens (primary N) is 2. The lowest BCUT2D eigenvalue weighted by Crippen LogP contribution is -2.71. The third kappa shape index (κ3) is 2.13. The molecule has 4 bridgehead atoms. The molecule has 80 valence electrons. The molecular weight excluding hydrogens is 184 g/mol. The van der Waals surface area contributed by atoms with E-state index in [2.05, 4.69) is 31.1 Å². The molecule has 4 aliphatic heterocycles. The van der Waals surface area contributed by atoms with Gasteiger partial charge in [-0.05, 0) is 0 Å². The van der Waals surface area contributed by atoms with Crippen LogP contribution in [0.15, 0.2) is 0 Å². The molecule has 4 rings (SSSR count). The SMILES string of the molecule is C1N2CN3CN1CN(C2)C3.NC(N)=O. The molecule has 0 aliphatic carbocycles. The predicted molar refractivity (Wildman–Crippen MR) is 50.3 cm³/mol. The Morgan fingerprint density at radius 3 is 1.00 bits per heavy atom. The summed E-state index contributed by atoms with van der Waals surface area (Å²) >= 11 is 0. The molecule has 0 spiro atoms. The van der Waals surface area contributed by atoms with Crippen molar-refractivity contribution in [3.63, 3.8) is 0 Å². The molecule has 0 atom stereocenters. The lowest BCUT2D eigenvalue weighted by Gasteiger charge is -2.56. The minimum Gasteiger partial charge on any atom is -0.352 e. The first-order valence-corrected chi connectivity index (χ1v) is 4.58. The van der Waals surface area contributed by atoms with Crippen molar-refractivity contribution in [3.05, 3.63) is 0 Å². The molecule has 7 nitrogen and oxygen atoms in total. The molecule has 7 heteroatoms. The van der Waals surface area contributed by atoms with Gasteiger partial charge in [0, 0.05) is 0 Å². The number of urea groups is 1. The standard InChI is InChI=1S/C6H12N4.CH4N2O/c1-7-2-9-4-8(1)5-10(3-7)6-9;2-1(3)4/h1-6H2;(H4,2,3,4). The van der Waals surface area contributed by atoms with E-state index in [0.29, 0.717) is 0 Å². The second-order valence-corrected chi connectivity index (χ2v) is 3.93. The quantitative estimate of drug-likeness (QED) is 0.473. The Bertz CT molecular complexity index is 172. The maximum absolute atomic E-state index is 9.00. The first-order chi connectivity index (χ1) is 6.63. The monoisotopic (exact) mass is 200 g/mol. The summed E-state index contributed by atoms with van der Waals surface area (Å²) in [6.45, 7) is 7.12. The van der Waals surface area contributed by atoms with E-state index in [1.165, 1.54) is 40.0 Å². The molecule has 4 saturated heterocycles. The highest BCUT2D eigenvalue weighted by Gasteiger charge is 2.36. The van der Waals surface area contributed by atoms with Crippen molar-refractivity contribution in [1.29, 1.82) is 0 Å². The second kappa shape index (κ2) is 3.70. The Hall–Kier alpha value is -0.890. The molecule has 0 saturated carbocycles. The Kier molecular flexibility index (Phi) is 2.55. The van der Waals surface area contributed by atoms with Crippen LogP contribution < -0.4 is 11.5 Å². The summed E-state index contributed by atoms with van der Waals surface area (Å²) in [5, 5.41) is 0. The van der Waals surface area contributed by atoms with Crippen LogP contribution in [0, 0.1) is 0 Å². The van der Waals surface area contributed by atoms with E-state index in [1.54, 1.807) is 0 Å². The first-order valence-electron chi connectivity index (χ1n) is 4.58. The predicted octanol–water partition coefficient (Wildman–Crippen LogP) is -2.00. The average molecular weight is 200 g/mol. The number of nitrogens with zero attached hydrogens (tertiary/aromatic N) is 4. The van der Waals surface area contributed by atoms with E-state index < -0.39 is 6.03 Å². The van der Waals surface area contributed by atoms with Gasteiger partial charge >= 0.3 is 6.03 Å². The molecule has 0 aromatic rings. The van der Waals surface area contributed by atoms with Crippen LogP contribution in [0.5, 0.6) is 0 Å². The topological polar surface area (TPSA) is 82.1 Å². The number of hydrogen-bond acceptors (Lipinski definition) is 5. The van der Waals surface area contributed by atoms with Gasteiger partial charge in [-0.1, -0.05) is 0 Å². The summed E-state index contributed by atoms with van der Waals surface area (Å²) in [5.74, 6) is 0. The molecule has 2 amide bonds. The van der Waals surface area contributed by atoms with Crippen molar-refractivity contribution in [2.24, 2.45) is 11.5 Å². The van der Waals surface area contributed by atoms with Gasteiger partial charge in [-0.15, -0.1) is 0 Å². The van der Waals surface area contributed by atoms with E-state index in [0.717, 1.165) is 0 Å². The molecule has 14 heavy (non-hydrogen) atoms. The van der Waals surface area contributed by atoms with Gasteiger partial charge in [-0.25, -0.2) is 4.79 Å². The smallest absolute Gasteiger partial charge is 0.309 e. The van der Waals surface area contributed by atoms with Gasteiger partial charge in [0.2, 0.25) is 0 Å². The fourth-order valence-corrected chi connectivity index (χ4v) is 2.23. The summed E-state index contributed by atoms with van der Waals surface area (Å²) in [6, 6.07) is -0.833. The molecule has 0 aromatic carbocycles. The molecule has 0 radical (unpaired) electrons. The minimum absolute atomic E-state index is 0.833. The highest BCUT2D eigenvalue weighted by atomic mass is 16.2. The van der Waals surface area contributed by atoms with Crippen LogP contribution in [0.3, 0.4) is 0 Å². The van der Waals surface area contributed by atoms with E-state index in [-0.39, 0.29) is 0 Å². The molecule has 0 aromatic heterocycles. The molecule has 0 unspecified atom stereocenters. The largest absolute Gasteiger partial charge is 0.352 e. The average Bonchev–Trinajstić information content (AvgIpc) is 1.98. The van der Waals surface area contributed by atoms with Gasteiger partial charge in [0.25, 0.3) is 0 Å². The van der Waals surface area contributed by atoms with Crippen LogP contribution >= 0.6 is 0 Å². The van der Waals surface area contributed by atoms with Gasteiger partial charge in [0.15, 0.2) is 0 Å². The number of rotatable bonds is 0. The summed E-state index contributed by atoms with van der Waals surface area (Å²) in [4.78, 5) is 18.9. The van der Waals surface area contributed by atoms with Gasteiger partial charge in [0.1, 0.15) is 0 Å². The molecule has 4 fully saturated rings. The van der Waals surface area contributed by atoms with Gasteiger partial charge in [-0.3, -0.25) is 19.6 Å². The summed E-state index contributed by atoms with van der Waals surface area (Å²) in [7, 11) is 0. The zero-order valence-corrected chi connectivity index (χ0v) is 8.09. The second-order valence-electron chi connectivity index (χ2n) is 3.93. The van der Waals surface area contributed by atoms with Crippen molar-refractivity contribution < 1.29 is 4.79 Å². The molecule has 4 N–H and O–H groups in total. The van der Waals surface area contributed by atoms with Crippen LogP contribution in [0.1, 0.15) is 0 Å². The Morgan fingerprint density at radius 1 is 0.714 bits per heavy atom. The summed E-state index contributed by atoms with van der Waals surface area (Å²) < 4.78 is 0. The fraction of sp³-hybridized carbons (Fsp3) is 0.857. The number of amides is 2. The van der Waals surface area contributed by atoms with Gasteiger partial charge in [-0.2, -0.15) is 0 Å². The minimum atomic E-state index is -0.833. The Balaban J connectivity index is 0.000000165. The Morgan fingerprint density at radius 2 is 0.857 bits per heavy atom. The van der Waals surface area contributed by atoms with Crippen molar-refractivity contribution in [2.75, 3.05) is 40.0 Å². The molecular formula is C7H16N6O. The third-order valence-corrected chi connectivity index (χ3v) is 2.40. The Labute approximate surface area is 82.8 Å². The van der Waals surface area contributed by atoms with E-state index in [4.69, 9.17) is 4.79 Å². The summed E-state index contributed by atoms with van der Waals surface area (Å²) in [6.07, 6.45) is 0. The highest BCUT2D eigenvalue weighted by molar-refractivity contribution is 5.69. The number of hydrogen-bond donors (Lipinski definition) is 2. The first kappa shape index (κ1) is 9.66. The molecule has 4 heterocycles. The molecule has 4 aliphatic rings. The van der Waals surface area contributed by atoms with Crippen molar-refractivity contribution in [2.45, 2.75) is 0 Å². The zero-order chi connectivity index (χ0) is 10.1. The van der Waals surface area contributed by atoms with Gasteiger partial charge < -0.3 is 11.5 Å². The number of carbonyl (C=O) groups excluding carboxylic acids is 1. The van der Waals surface area contributed by atoms with Crippen LogP contribution in [0.2, 0.25) is 0 Å². The maximum atomic E-state index is 9.00. The third-order valence-electron chi connectivity index (χ3n) is 2.40. The van der Waals surface area contributed by atoms with Crippen LogP contribution in [0.4, 0.5) is 4.79 Å². The highest BCUT2D eigenvalue weighted by Crippen LogP contribution is 2.20. The van der Waals surface area contributed by atoms with E-state index in [9.17, 15) is 0 Å². The van der Waals surface area contributed by atoms with Crippen LogP contribution in [0.25, 0.3) is 0 Å². The van der Waals surface area contributed by atoms with Gasteiger partial charge in [0.05, 0.1) is 40.0 Å². The van der Waals surface area contributed by atoms with Crippen molar-refractivity contribution in [1.82, 2.24) is 19.6 Å². The normalized spacial score (nSPS) is 42.9. The van der Waals surface area contributed by atoms with Crippen LogP contribution in [-0.2, 0) is 0 Å². The maximum Gasteiger partial charge on any atom is 0.309 e. The van der Waals surface area contributed by atoms with Crippen molar-refractivity contribution in [3.8, 4) is 0 Å². The summed E-state index contributed by atoms with van der Waals surface area (Å²) in [5.41, 5.74) is 8.50. The lowest BCUT2D eigenvalue weighted by atomic mass is 10.4. The lowest BCUT2D eigenvalue weighted by molar-refractivity contribution is -0.194.